The number of hydrogen-bond donors (Lipinski definition) is 1. The molecule has 108 valence electrons. The Labute approximate surface area is 124 Å². The van der Waals surface area contributed by atoms with E-state index in [0.29, 0.717) is 23.5 Å². The van der Waals surface area contributed by atoms with Gasteiger partial charge in [-0.25, -0.2) is 0 Å². The van der Waals surface area contributed by atoms with Crippen LogP contribution in [0.25, 0.3) is 16.7 Å². The monoisotopic (exact) mass is 281 g/mol. The van der Waals surface area contributed by atoms with Crippen LogP contribution in [0, 0.1) is 0 Å². The Morgan fingerprint density at radius 1 is 1.33 bits per heavy atom. The molecule has 2 aromatic heterocycles. The summed E-state index contributed by atoms with van der Waals surface area (Å²) in [7, 11) is 0. The van der Waals surface area contributed by atoms with E-state index in [1.54, 1.807) is 6.20 Å². The van der Waals surface area contributed by atoms with Crippen molar-refractivity contribution < 1.29 is 4.79 Å². The zero-order valence-electron chi connectivity index (χ0n) is 12.3. The fourth-order valence-electron chi connectivity index (χ4n) is 2.19. The molecule has 4 nitrogen and oxygen atoms in total. The number of rotatable bonds is 5. The SMILES string of the molecule is CCC(C)c1ncccc1-c1ccnc(C(C=O)=CN)c1. The van der Waals surface area contributed by atoms with Crippen molar-refractivity contribution in [3.8, 4) is 11.1 Å². The number of carbonyl (C=O) groups excluding carboxylic acids is 1. The Bertz CT molecular complexity index is 665. The molecule has 0 bridgehead atoms. The third kappa shape index (κ3) is 3.16. The molecule has 1 atom stereocenters. The normalized spacial score (nSPS) is 13.0. The van der Waals surface area contributed by atoms with Crippen LogP contribution in [0.2, 0.25) is 0 Å². The fraction of sp³-hybridized carbons (Fsp3) is 0.235. The Morgan fingerprint density at radius 2 is 2.14 bits per heavy atom. The number of aldehydes is 1. The average molecular weight is 281 g/mol. The molecule has 0 aliphatic rings. The lowest BCUT2D eigenvalue weighted by atomic mass is 9.95. The van der Waals surface area contributed by atoms with Gasteiger partial charge in [0.15, 0.2) is 6.29 Å². The first-order valence-corrected chi connectivity index (χ1v) is 7.00. The van der Waals surface area contributed by atoms with Gasteiger partial charge in [-0.15, -0.1) is 0 Å². The minimum absolute atomic E-state index is 0.369. The molecule has 0 saturated carbocycles. The van der Waals surface area contributed by atoms with Crippen molar-refractivity contribution in [2.75, 3.05) is 0 Å². The molecule has 0 spiro atoms. The van der Waals surface area contributed by atoms with Gasteiger partial charge in [0.25, 0.3) is 0 Å². The van der Waals surface area contributed by atoms with Gasteiger partial charge in [-0.2, -0.15) is 0 Å². The molecule has 1 unspecified atom stereocenters. The molecule has 0 aliphatic carbocycles. The third-order valence-electron chi connectivity index (χ3n) is 3.59. The summed E-state index contributed by atoms with van der Waals surface area (Å²) in [5, 5.41) is 0. The van der Waals surface area contributed by atoms with Gasteiger partial charge in [0.1, 0.15) is 0 Å². The molecule has 2 heterocycles. The second kappa shape index (κ2) is 6.79. The van der Waals surface area contributed by atoms with E-state index in [1.807, 2.05) is 30.5 Å². The van der Waals surface area contributed by atoms with Crippen molar-refractivity contribution in [3.63, 3.8) is 0 Å². The highest BCUT2D eigenvalue weighted by atomic mass is 16.1. The van der Waals surface area contributed by atoms with Crippen LogP contribution in [0.4, 0.5) is 0 Å². The molecule has 0 fully saturated rings. The molecule has 2 N–H and O–H groups in total. The number of aromatic nitrogens is 2. The predicted molar refractivity (Wildman–Crippen MR) is 84.4 cm³/mol. The van der Waals surface area contributed by atoms with Gasteiger partial charge in [-0.05, 0) is 36.1 Å². The summed E-state index contributed by atoms with van der Waals surface area (Å²) in [5.74, 6) is 0.369. The second-order valence-corrected chi connectivity index (χ2v) is 4.92. The minimum atomic E-state index is 0.369. The number of pyridine rings is 2. The van der Waals surface area contributed by atoms with Crippen molar-refractivity contribution in [1.29, 1.82) is 0 Å². The summed E-state index contributed by atoms with van der Waals surface area (Å²) >= 11 is 0. The molecule has 2 aromatic rings. The summed E-state index contributed by atoms with van der Waals surface area (Å²) in [5.41, 5.74) is 9.53. The van der Waals surface area contributed by atoms with Crippen molar-refractivity contribution in [1.82, 2.24) is 9.97 Å². The van der Waals surface area contributed by atoms with E-state index in [9.17, 15) is 4.79 Å². The highest BCUT2D eigenvalue weighted by Gasteiger charge is 2.13. The number of carbonyl (C=O) groups is 1. The van der Waals surface area contributed by atoms with E-state index in [0.717, 1.165) is 23.2 Å². The molecular weight excluding hydrogens is 262 g/mol. The lowest BCUT2D eigenvalue weighted by Gasteiger charge is -2.14. The number of nitrogens with zero attached hydrogens (tertiary/aromatic N) is 2. The van der Waals surface area contributed by atoms with Gasteiger partial charge >= 0.3 is 0 Å². The molecular formula is C17H19N3O. The second-order valence-electron chi connectivity index (χ2n) is 4.92. The van der Waals surface area contributed by atoms with Crippen LogP contribution in [0.15, 0.2) is 42.9 Å². The maximum absolute atomic E-state index is 11.0. The van der Waals surface area contributed by atoms with E-state index >= 15 is 0 Å². The molecule has 0 aromatic carbocycles. The summed E-state index contributed by atoms with van der Waals surface area (Å²) in [6.07, 6.45) is 6.50. The van der Waals surface area contributed by atoms with Gasteiger partial charge in [-0.1, -0.05) is 19.9 Å². The summed E-state index contributed by atoms with van der Waals surface area (Å²) in [6.45, 7) is 4.30. The Balaban J connectivity index is 2.53. The largest absolute Gasteiger partial charge is 0.404 e. The summed E-state index contributed by atoms with van der Waals surface area (Å²) in [4.78, 5) is 19.7. The van der Waals surface area contributed by atoms with Crippen LogP contribution in [0.5, 0.6) is 0 Å². The van der Waals surface area contributed by atoms with Gasteiger partial charge in [-0.3, -0.25) is 14.8 Å². The Hall–Kier alpha value is -2.49. The Morgan fingerprint density at radius 3 is 2.81 bits per heavy atom. The first kappa shape index (κ1) is 14.9. The topological polar surface area (TPSA) is 68.9 Å². The maximum atomic E-state index is 11.0. The van der Waals surface area contributed by atoms with Gasteiger partial charge in [0.05, 0.1) is 17.0 Å². The lowest BCUT2D eigenvalue weighted by molar-refractivity contribution is -0.103. The molecule has 0 radical (unpaired) electrons. The number of hydrogen-bond acceptors (Lipinski definition) is 4. The van der Waals surface area contributed by atoms with Crippen molar-refractivity contribution in [2.24, 2.45) is 5.73 Å². The van der Waals surface area contributed by atoms with Gasteiger partial charge in [0, 0.05) is 24.2 Å². The van der Waals surface area contributed by atoms with Crippen LogP contribution >= 0.6 is 0 Å². The van der Waals surface area contributed by atoms with Gasteiger partial charge in [0.2, 0.25) is 0 Å². The van der Waals surface area contributed by atoms with Crippen LogP contribution in [-0.4, -0.2) is 16.3 Å². The van der Waals surface area contributed by atoms with E-state index in [2.05, 4.69) is 23.8 Å². The van der Waals surface area contributed by atoms with Crippen molar-refractivity contribution in [3.05, 3.63) is 54.2 Å². The molecule has 0 aliphatic heterocycles. The zero-order valence-corrected chi connectivity index (χ0v) is 12.3. The summed E-state index contributed by atoms with van der Waals surface area (Å²) in [6, 6.07) is 7.75. The third-order valence-corrected chi connectivity index (χ3v) is 3.59. The summed E-state index contributed by atoms with van der Waals surface area (Å²) < 4.78 is 0. The first-order valence-electron chi connectivity index (χ1n) is 7.00. The van der Waals surface area contributed by atoms with Crippen LogP contribution in [0.1, 0.15) is 37.6 Å². The van der Waals surface area contributed by atoms with E-state index in [-0.39, 0.29) is 0 Å². The van der Waals surface area contributed by atoms with Crippen LogP contribution in [-0.2, 0) is 4.79 Å². The first-order chi connectivity index (χ1) is 10.2. The molecule has 2 rings (SSSR count). The van der Waals surface area contributed by atoms with E-state index in [4.69, 9.17) is 5.73 Å². The fourth-order valence-corrected chi connectivity index (χ4v) is 2.19. The lowest BCUT2D eigenvalue weighted by Crippen LogP contribution is -2.00. The zero-order chi connectivity index (χ0) is 15.2. The van der Waals surface area contributed by atoms with Gasteiger partial charge < -0.3 is 5.73 Å². The Kier molecular flexibility index (Phi) is 4.82. The predicted octanol–water partition coefficient (Wildman–Crippen LogP) is 3.16. The standard InChI is InChI=1S/C17H19N3O/c1-3-12(2)17-15(5-4-7-20-17)13-6-8-19-16(9-13)14(10-18)11-21/h4-12H,3,18H2,1-2H3. The van der Waals surface area contributed by atoms with Crippen LogP contribution < -0.4 is 5.73 Å². The maximum Gasteiger partial charge on any atom is 0.153 e. The number of allylic oxidation sites excluding steroid dienone is 1. The molecule has 21 heavy (non-hydrogen) atoms. The molecule has 4 heteroatoms. The smallest absolute Gasteiger partial charge is 0.153 e. The molecule has 0 saturated heterocycles. The molecule has 0 amide bonds. The number of nitrogens with two attached hydrogens (primary N) is 1. The van der Waals surface area contributed by atoms with E-state index in [1.165, 1.54) is 6.20 Å². The quantitative estimate of drug-likeness (QED) is 0.675. The van der Waals surface area contributed by atoms with Crippen LogP contribution in [0.3, 0.4) is 0 Å². The highest BCUT2D eigenvalue weighted by molar-refractivity contribution is 6.06. The van der Waals surface area contributed by atoms with Crippen molar-refractivity contribution in [2.45, 2.75) is 26.2 Å². The highest BCUT2D eigenvalue weighted by Crippen LogP contribution is 2.29. The average Bonchev–Trinajstić information content (AvgIpc) is 2.55. The van der Waals surface area contributed by atoms with Crippen molar-refractivity contribution >= 4 is 11.9 Å². The minimum Gasteiger partial charge on any atom is -0.404 e. The van der Waals surface area contributed by atoms with E-state index < -0.39 is 0 Å².